The molecule has 0 amide bonds. The quantitative estimate of drug-likeness (QED) is 0.425. The Morgan fingerprint density at radius 3 is 2.11 bits per heavy atom. The molecule has 1 aromatic rings. The highest BCUT2D eigenvalue weighted by Crippen LogP contribution is 2.18. The van der Waals surface area contributed by atoms with Crippen molar-refractivity contribution in [2.45, 2.75) is 33.2 Å². The first-order valence-corrected chi connectivity index (χ1v) is 10.7. The molecule has 0 saturated heterocycles. The lowest BCUT2D eigenvalue weighted by Crippen LogP contribution is -2.53. The van der Waals surface area contributed by atoms with Crippen molar-refractivity contribution >= 4 is 58.9 Å². The van der Waals surface area contributed by atoms with Crippen molar-refractivity contribution in [2.24, 2.45) is 0 Å². The van der Waals surface area contributed by atoms with Crippen LogP contribution in [0, 0.1) is 7.14 Å². The van der Waals surface area contributed by atoms with E-state index >= 15 is 0 Å². The molecule has 0 saturated carbocycles. The van der Waals surface area contributed by atoms with Gasteiger partial charge in [0.05, 0.1) is 0 Å². The van der Waals surface area contributed by atoms with Gasteiger partial charge in [0.2, 0.25) is 0 Å². The SMILES string of the molecule is CCCO[Si](C)(OCCC)c1cccc(I)c1I. The van der Waals surface area contributed by atoms with Gasteiger partial charge in [-0.15, -0.1) is 0 Å². The summed E-state index contributed by atoms with van der Waals surface area (Å²) in [4.78, 5) is 0. The Bertz CT molecular complexity index is 377. The summed E-state index contributed by atoms with van der Waals surface area (Å²) in [5, 5.41) is 1.26. The molecule has 0 N–H and O–H groups in total. The van der Waals surface area contributed by atoms with Crippen molar-refractivity contribution in [3.8, 4) is 0 Å². The summed E-state index contributed by atoms with van der Waals surface area (Å²) in [6.07, 6.45) is 2.05. The Kier molecular flexibility index (Phi) is 7.67. The van der Waals surface area contributed by atoms with E-state index < -0.39 is 8.56 Å². The number of benzene rings is 1. The number of hydrogen-bond acceptors (Lipinski definition) is 2. The van der Waals surface area contributed by atoms with Crippen LogP contribution in [0.25, 0.3) is 0 Å². The molecular formula is C13H20I2O2Si. The minimum absolute atomic E-state index is 0.772. The van der Waals surface area contributed by atoms with Gasteiger partial charge in [0.15, 0.2) is 0 Å². The third kappa shape index (κ3) is 4.43. The van der Waals surface area contributed by atoms with Crippen molar-refractivity contribution in [3.05, 3.63) is 25.3 Å². The first-order valence-electron chi connectivity index (χ1n) is 6.27. The molecule has 102 valence electrons. The van der Waals surface area contributed by atoms with Crippen molar-refractivity contribution in [2.75, 3.05) is 13.2 Å². The third-order valence-corrected chi connectivity index (χ3v) is 9.11. The molecule has 1 rings (SSSR count). The number of hydrogen-bond donors (Lipinski definition) is 0. The molecule has 0 bridgehead atoms. The zero-order valence-electron chi connectivity index (χ0n) is 11.1. The van der Waals surface area contributed by atoms with Crippen LogP contribution in [0.1, 0.15) is 26.7 Å². The predicted octanol–water partition coefficient (Wildman–Crippen LogP) is 4.03. The molecular weight excluding hydrogens is 470 g/mol. The van der Waals surface area contributed by atoms with Gasteiger partial charge in [-0.25, -0.2) is 0 Å². The average Bonchev–Trinajstić information content (AvgIpc) is 2.37. The van der Waals surface area contributed by atoms with Gasteiger partial charge in [-0.2, -0.15) is 0 Å². The van der Waals surface area contributed by atoms with Crippen LogP contribution in [0.5, 0.6) is 0 Å². The minimum atomic E-state index is -2.26. The largest absolute Gasteiger partial charge is 0.391 e. The van der Waals surface area contributed by atoms with E-state index in [4.69, 9.17) is 8.85 Å². The summed E-state index contributed by atoms with van der Waals surface area (Å²) < 4.78 is 14.8. The normalized spacial score (nSPS) is 11.8. The Morgan fingerprint density at radius 1 is 1.06 bits per heavy atom. The van der Waals surface area contributed by atoms with Gasteiger partial charge in [0.25, 0.3) is 0 Å². The molecule has 0 aliphatic heterocycles. The molecule has 2 nitrogen and oxygen atoms in total. The van der Waals surface area contributed by atoms with Gasteiger partial charge in [-0.05, 0) is 70.6 Å². The van der Waals surface area contributed by atoms with E-state index in [0.29, 0.717) is 0 Å². The molecule has 0 atom stereocenters. The molecule has 18 heavy (non-hydrogen) atoms. The van der Waals surface area contributed by atoms with Crippen LogP contribution in [0.4, 0.5) is 0 Å². The zero-order chi connectivity index (χ0) is 13.6. The highest BCUT2D eigenvalue weighted by molar-refractivity contribution is 14.1. The fraction of sp³-hybridized carbons (Fsp3) is 0.538. The maximum Gasteiger partial charge on any atom is 0.370 e. The van der Waals surface area contributed by atoms with Crippen molar-refractivity contribution in [3.63, 3.8) is 0 Å². The Balaban J connectivity index is 3.03. The van der Waals surface area contributed by atoms with Crippen LogP contribution in [-0.4, -0.2) is 21.8 Å². The number of rotatable bonds is 7. The van der Waals surface area contributed by atoms with E-state index in [0.717, 1.165) is 26.1 Å². The van der Waals surface area contributed by atoms with E-state index in [1.165, 1.54) is 12.3 Å². The van der Waals surface area contributed by atoms with Crippen LogP contribution in [0.3, 0.4) is 0 Å². The molecule has 0 aliphatic carbocycles. The van der Waals surface area contributed by atoms with Gasteiger partial charge >= 0.3 is 8.56 Å². The van der Waals surface area contributed by atoms with Gasteiger partial charge in [0.1, 0.15) is 0 Å². The van der Waals surface area contributed by atoms with Gasteiger partial charge in [-0.1, -0.05) is 26.0 Å². The summed E-state index contributed by atoms with van der Waals surface area (Å²) in [6.45, 7) is 7.97. The fourth-order valence-corrected chi connectivity index (χ4v) is 6.74. The van der Waals surface area contributed by atoms with Gasteiger partial charge in [0, 0.05) is 25.5 Å². The van der Waals surface area contributed by atoms with Crippen molar-refractivity contribution in [1.82, 2.24) is 0 Å². The summed E-state index contributed by atoms with van der Waals surface area (Å²) >= 11 is 4.77. The summed E-state index contributed by atoms with van der Waals surface area (Å²) in [6, 6.07) is 6.37. The number of halogens is 2. The highest BCUT2D eigenvalue weighted by atomic mass is 127. The van der Waals surface area contributed by atoms with Crippen LogP contribution < -0.4 is 5.19 Å². The lowest BCUT2D eigenvalue weighted by Gasteiger charge is -2.28. The van der Waals surface area contributed by atoms with E-state index in [9.17, 15) is 0 Å². The van der Waals surface area contributed by atoms with E-state index in [-0.39, 0.29) is 0 Å². The topological polar surface area (TPSA) is 18.5 Å². The minimum Gasteiger partial charge on any atom is -0.391 e. The maximum absolute atomic E-state index is 6.11. The molecule has 0 unspecified atom stereocenters. The second kappa shape index (κ2) is 8.18. The highest BCUT2D eigenvalue weighted by Gasteiger charge is 2.36. The first-order chi connectivity index (χ1) is 8.55. The Hall–Kier alpha value is 0.817. The van der Waals surface area contributed by atoms with E-state index in [1.807, 2.05) is 0 Å². The summed E-state index contributed by atoms with van der Waals surface area (Å²) in [5.74, 6) is 0. The molecule has 0 spiro atoms. The fourth-order valence-electron chi connectivity index (χ4n) is 1.65. The third-order valence-electron chi connectivity index (χ3n) is 2.60. The summed E-state index contributed by atoms with van der Waals surface area (Å²) in [7, 11) is -2.26. The lowest BCUT2D eigenvalue weighted by atomic mass is 10.4. The molecule has 0 aliphatic rings. The summed E-state index contributed by atoms with van der Waals surface area (Å²) in [5.41, 5.74) is 0. The zero-order valence-corrected chi connectivity index (χ0v) is 16.4. The predicted molar refractivity (Wildman–Crippen MR) is 95.6 cm³/mol. The van der Waals surface area contributed by atoms with Crippen molar-refractivity contribution in [1.29, 1.82) is 0 Å². The standard InChI is InChI=1S/C13H20I2O2Si/c1-4-9-16-18(3,17-10-5-2)12-8-6-7-11(14)13(12)15/h6-8H,4-5,9-10H2,1-3H3. The molecule has 0 aromatic heterocycles. The second-order valence-electron chi connectivity index (χ2n) is 4.24. The molecule has 0 fully saturated rings. The van der Waals surface area contributed by atoms with Gasteiger partial charge in [-0.3, -0.25) is 0 Å². The van der Waals surface area contributed by atoms with E-state index in [1.54, 1.807) is 0 Å². The smallest absolute Gasteiger partial charge is 0.370 e. The second-order valence-corrected chi connectivity index (χ2v) is 9.49. The molecule has 0 heterocycles. The molecule has 0 radical (unpaired) electrons. The Labute approximate surface area is 138 Å². The van der Waals surface area contributed by atoms with Gasteiger partial charge < -0.3 is 8.85 Å². The molecule has 1 aromatic carbocycles. The first kappa shape index (κ1) is 16.9. The van der Waals surface area contributed by atoms with E-state index in [2.05, 4.69) is 83.8 Å². The lowest BCUT2D eigenvalue weighted by molar-refractivity contribution is 0.185. The average molecular weight is 490 g/mol. The monoisotopic (exact) mass is 490 g/mol. The van der Waals surface area contributed by atoms with Crippen LogP contribution in [-0.2, 0) is 8.85 Å². The van der Waals surface area contributed by atoms with Crippen LogP contribution in [0.2, 0.25) is 6.55 Å². The van der Waals surface area contributed by atoms with Crippen LogP contribution >= 0.6 is 45.2 Å². The van der Waals surface area contributed by atoms with Crippen LogP contribution in [0.15, 0.2) is 18.2 Å². The molecule has 5 heteroatoms. The maximum atomic E-state index is 6.11. The Morgan fingerprint density at radius 2 is 1.61 bits per heavy atom. The van der Waals surface area contributed by atoms with Crippen molar-refractivity contribution < 1.29 is 8.85 Å².